The standard InChI is InChI=1S/C11H15F2NO3S/c1-8(2-3-15)7-14-18(16,17)11-5-9(12)4-10(13)6-11/h4-6,8,14-15H,2-3,7H2,1H3. The smallest absolute Gasteiger partial charge is 0.240 e. The highest BCUT2D eigenvalue weighted by Crippen LogP contribution is 2.13. The molecule has 0 aliphatic carbocycles. The van der Waals surface area contributed by atoms with Crippen molar-refractivity contribution in [1.82, 2.24) is 4.72 Å². The molecule has 102 valence electrons. The number of sulfonamides is 1. The Kier molecular flexibility index (Phi) is 5.18. The largest absolute Gasteiger partial charge is 0.396 e. The number of hydrogen-bond acceptors (Lipinski definition) is 3. The molecule has 0 saturated carbocycles. The Hall–Kier alpha value is -1.05. The molecule has 1 atom stereocenters. The van der Waals surface area contributed by atoms with Crippen molar-refractivity contribution in [2.45, 2.75) is 18.2 Å². The van der Waals surface area contributed by atoms with Crippen LogP contribution in [0.4, 0.5) is 8.78 Å². The number of nitrogens with one attached hydrogen (secondary N) is 1. The van der Waals surface area contributed by atoms with E-state index in [1.807, 2.05) is 0 Å². The van der Waals surface area contributed by atoms with E-state index in [2.05, 4.69) is 4.72 Å². The van der Waals surface area contributed by atoms with E-state index in [1.54, 1.807) is 6.92 Å². The lowest BCUT2D eigenvalue weighted by Gasteiger charge is -2.11. The fourth-order valence-corrected chi connectivity index (χ4v) is 2.55. The third kappa shape index (κ3) is 4.32. The maximum absolute atomic E-state index is 12.9. The van der Waals surface area contributed by atoms with E-state index < -0.39 is 26.6 Å². The van der Waals surface area contributed by atoms with Gasteiger partial charge in [-0.1, -0.05) is 6.92 Å². The molecule has 0 aliphatic rings. The molecule has 1 aromatic rings. The van der Waals surface area contributed by atoms with Crippen LogP contribution in [0.5, 0.6) is 0 Å². The minimum Gasteiger partial charge on any atom is -0.396 e. The summed E-state index contributed by atoms with van der Waals surface area (Å²) in [5.74, 6) is -1.96. The lowest BCUT2D eigenvalue weighted by Crippen LogP contribution is -2.29. The van der Waals surface area contributed by atoms with Crippen LogP contribution in [0, 0.1) is 17.6 Å². The maximum atomic E-state index is 12.9. The highest BCUT2D eigenvalue weighted by Gasteiger charge is 2.17. The molecule has 4 nitrogen and oxygen atoms in total. The van der Waals surface area contributed by atoms with Gasteiger partial charge in [-0.2, -0.15) is 0 Å². The molecular formula is C11H15F2NO3S. The molecular weight excluding hydrogens is 264 g/mol. The topological polar surface area (TPSA) is 66.4 Å². The average molecular weight is 279 g/mol. The zero-order chi connectivity index (χ0) is 13.8. The predicted molar refractivity (Wildman–Crippen MR) is 62.4 cm³/mol. The van der Waals surface area contributed by atoms with Gasteiger partial charge in [0, 0.05) is 19.2 Å². The molecule has 2 N–H and O–H groups in total. The fraction of sp³-hybridized carbons (Fsp3) is 0.455. The zero-order valence-electron chi connectivity index (χ0n) is 9.86. The molecule has 1 rings (SSSR count). The molecule has 0 heterocycles. The monoisotopic (exact) mass is 279 g/mol. The Morgan fingerprint density at radius 1 is 1.28 bits per heavy atom. The van der Waals surface area contributed by atoms with Crippen molar-refractivity contribution in [2.75, 3.05) is 13.2 Å². The van der Waals surface area contributed by atoms with E-state index >= 15 is 0 Å². The number of benzene rings is 1. The Morgan fingerprint density at radius 3 is 2.33 bits per heavy atom. The van der Waals surface area contributed by atoms with E-state index in [9.17, 15) is 17.2 Å². The normalized spacial score (nSPS) is 13.6. The van der Waals surface area contributed by atoms with Gasteiger partial charge in [0.1, 0.15) is 11.6 Å². The molecule has 18 heavy (non-hydrogen) atoms. The molecule has 7 heteroatoms. The van der Waals surface area contributed by atoms with E-state index in [1.165, 1.54) is 0 Å². The highest BCUT2D eigenvalue weighted by molar-refractivity contribution is 7.89. The lowest BCUT2D eigenvalue weighted by atomic mass is 10.1. The SMILES string of the molecule is CC(CCO)CNS(=O)(=O)c1cc(F)cc(F)c1. The number of aliphatic hydroxyl groups excluding tert-OH is 1. The van der Waals surface area contributed by atoms with Gasteiger partial charge in [0.2, 0.25) is 10.0 Å². The molecule has 1 unspecified atom stereocenters. The van der Waals surface area contributed by atoms with Crippen LogP contribution in [0.3, 0.4) is 0 Å². The minimum absolute atomic E-state index is 0.0442. The second-order valence-corrected chi connectivity index (χ2v) is 5.84. The van der Waals surface area contributed by atoms with Crippen LogP contribution in [0.1, 0.15) is 13.3 Å². The van der Waals surface area contributed by atoms with Crippen molar-refractivity contribution in [2.24, 2.45) is 5.92 Å². The first-order chi connectivity index (χ1) is 8.35. The molecule has 1 aromatic carbocycles. The van der Waals surface area contributed by atoms with E-state index in [0.29, 0.717) is 12.5 Å². The maximum Gasteiger partial charge on any atom is 0.240 e. The van der Waals surface area contributed by atoms with Crippen LogP contribution >= 0.6 is 0 Å². The summed E-state index contributed by atoms with van der Waals surface area (Å²) < 4.78 is 51.5. The average Bonchev–Trinajstić information content (AvgIpc) is 2.26. The molecule has 0 saturated heterocycles. The first-order valence-corrected chi connectivity index (χ1v) is 6.90. The Bertz CT molecular complexity index is 485. The predicted octanol–water partition coefficient (Wildman–Crippen LogP) is 1.26. The second kappa shape index (κ2) is 6.21. The summed E-state index contributed by atoms with van der Waals surface area (Å²) in [6.07, 6.45) is 0.444. The second-order valence-electron chi connectivity index (χ2n) is 4.07. The summed E-state index contributed by atoms with van der Waals surface area (Å²) >= 11 is 0. The van der Waals surface area contributed by atoms with Crippen LogP contribution in [-0.2, 0) is 10.0 Å². The molecule has 0 bridgehead atoms. The lowest BCUT2D eigenvalue weighted by molar-refractivity contribution is 0.263. The van der Waals surface area contributed by atoms with Crippen molar-refractivity contribution in [3.63, 3.8) is 0 Å². The van der Waals surface area contributed by atoms with Crippen LogP contribution in [0.2, 0.25) is 0 Å². The van der Waals surface area contributed by atoms with Gasteiger partial charge in [-0.3, -0.25) is 0 Å². The van der Waals surface area contributed by atoms with Crippen molar-refractivity contribution >= 4 is 10.0 Å². The number of halogens is 2. The van der Waals surface area contributed by atoms with Gasteiger partial charge in [0.15, 0.2) is 0 Å². The Labute approximate surface area is 105 Å². The van der Waals surface area contributed by atoms with Gasteiger partial charge < -0.3 is 5.11 Å². The molecule has 0 radical (unpaired) electrons. The van der Waals surface area contributed by atoms with E-state index in [0.717, 1.165) is 12.1 Å². The quantitative estimate of drug-likeness (QED) is 0.824. The summed E-state index contributed by atoms with van der Waals surface area (Å²) in [6.45, 7) is 1.81. The van der Waals surface area contributed by atoms with Gasteiger partial charge in [0.25, 0.3) is 0 Å². The Morgan fingerprint density at radius 2 is 1.83 bits per heavy atom. The zero-order valence-corrected chi connectivity index (χ0v) is 10.7. The van der Waals surface area contributed by atoms with E-state index in [-0.39, 0.29) is 19.1 Å². The van der Waals surface area contributed by atoms with Gasteiger partial charge in [0.05, 0.1) is 4.90 Å². The number of rotatable bonds is 6. The van der Waals surface area contributed by atoms with Gasteiger partial charge in [-0.05, 0) is 24.5 Å². The first-order valence-electron chi connectivity index (χ1n) is 5.42. The third-order valence-corrected chi connectivity index (χ3v) is 3.79. The first kappa shape index (κ1) is 15.0. The third-order valence-electron chi connectivity index (χ3n) is 2.39. The molecule has 0 aromatic heterocycles. The van der Waals surface area contributed by atoms with Crippen molar-refractivity contribution in [3.8, 4) is 0 Å². The molecule has 0 amide bonds. The minimum atomic E-state index is -3.93. The summed E-state index contributed by atoms with van der Waals surface area (Å²) in [7, 11) is -3.93. The molecule has 0 fully saturated rings. The van der Waals surface area contributed by atoms with Crippen LogP contribution < -0.4 is 4.72 Å². The summed E-state index contributed by atoms with van der Waals surface area (Å²) in [5.41, 5.74) is 0. The Balaban J connectivity index is 2.80. The van der Waals surface area contributed by atoms with Crippen LogP contribution in [0.25, 0.3) is 0 Å². The van der Waals surface area contributed by atoms with Gasteiger partial charge >= 0.3 is 0 Å². The number of aliphatic hydroxyl groups is 1. The van der Waals surface area contributed by atoms with Crippen LogP contribution in [-0.4, -0.2) is 26.7 Å². The van der Waals surface area contributed by atoms with Crippen molar-refractivity contribution < 1.29 is 22.3 Å². The fourth-order valence-electron chi connectivity index (χ4n) is 1.34. The van der Waals surface area contributed by atoms with Gasteiger partial charge in [-0.15, -0.1) is 0 Å². The van der Waals surface area contributed by atoms with E-state index in [4.69, 9.17) is 5.11 Å². The van der Waals surface area contributed by atoms with Crippen molar-refractivity contribution in [1.29, 1.82) is 0 Å². The van der Waals surface area contributed by atoms with Gasteiger partial charge in [-0.25, -0.2) is 21.9 Å². The summed E-state index contributed by atoms with van der Waals surface area (Å²) in [5, 5.41) is 8.68. The highest BCUT2D eigenvalue weighted by atomic mass is 32.2. The summed E-state index contributed by atoms with van der Waals surface area (Å²) in [6, 6.07) is 2.11. The van der Waals surface area contributed by atoms with Crippen molar-refractivity contribution in [3.05, 3.63) is 29.8 Å². The molecule has 0 spiro atoms. The summed E-state index contributed by atoms with van der Waals surface area (Å²) in [4.78, 5) is -0.448. The van der Waals surface area contributed by atoms with Crippen LogP contribution in [0.15, 0.2) is 23.1 Å². The number of hydrogen-bond donors (Lipinski definition) is 2. The molecule has 0 aliphatic heterocycles.